The predicted octanol–water partition coefficient (Wildman–Crippen LogP) is 3.10. The maximum absolute atomic E-state index is 4.59. The van der Waals surface area contributed by atoms with Gasteiger partial charge in [0.15, 0.2) is 11.5 Å². The minimum absolute atomic E-state index is 0.240. The Morgan fingerprint density at radius 3 is 3.04 bits per heavy atom. The van der Waals surface area contributed by atoms with Crippen molar-refractivity contribution >= 4 is 44.2 Å². The van der Waals surface area contributed by atoms with Gasteiger partial charge in [0.1, 0.15) is 4.83 Å². The highest BCUT2D eigenvalue weighted by Gasteiger charge is 2.21. The van der Waals surface area contributed by atoms with E-state index in [1.54, 1.807) is 17.5 Å². The largest absolute Gasteiger partial charge is 0.329 e. The number of rotatable bonds is 3. The number of nitrogens with zero attached hydrogens (tertiary/aromatic N) is 6. The van der Waals surface area contributed by atoms with E-state index in [1.807, 2.05) is 42.9 Å². The SMILES string of the molecule is CN1CC(c2cnc3c(Nc4cc5cccnc5s4)nccn23)C=N1. The molecule has 4 aromatic rings. The molecular formula is C17H15N7S. The standard InChI is InChI=1S/C17H15N7S/c1-23-10-12(8-21-23)13-9-20-16-15(18-5-6-24(13)16)22-14-7-11-3-2-4-19-17(11)25-14/h2-9,12H,10H2,1H3,(H,18,22). The molecule has 0 bridgehead atoms. The zero-order valence-electron chi connectivity index (χ0n) is 13.5. The Morgan fingerprint density at radius 1 is 1.24 bits per heavy atom. The number of anilines is 2. The summed E-state index contributed by atoms with van der Waals surface area (Å²) in [7, 11) is 1.98. The molecule has 0 amide bonds. The van der Waals surface area contributed by atoms with Gasteiger partial charge in [0.05, 0.1) is 22.8 Å². The number of imidazole rings is 1. The summed E-state index contributed by atoms with van der Waals surface area (Å²) in [4.78, 5) is 14.5. The van der Waals surface area contributed by atoms with Crippen LogP contribution in [0.5, 0.6) is 0 Å². The summed E-state index contributed by atoms with van der Waals surface area (Å²) >= 11 is 1.61. The Labute approximate surface area is 147 Å². The molecule has 1 N–H and O–H groups in total. The van der Waals surface area contributed by atoms with E-state index in [2.05, 4.69) is 41.9 Å². The van der Waals surface area contributed by atoms with Gasteiger partial charge in [-0.1, -0.05) is 17.4 Å². The van der Waals surface area contributed by atoms with Gasteiger partial charge in [-0.3, -0.25) is 9.41 Å². The Kier molecular flexibility index (Phi) is 3.17. The summed E-state index contributed by atoms with van der Waals surface area (Å²) in [6.07, 6.45) is 9.42. The van der Waals surface area contributed by atoms with Crippen LogP contribution in [-0.2, 0) is 0 Å². The van der Waals surface area contributed by atoms with E-state index in [4.69, 9.17) is 0 Å². The first-order valence-electron chi connectivity index (χ1n) is 7.97. The summed E-state index contributed by atoms with van der Waals surface area (Å²) < 4.78 is 2.08. The van der Waals surface area contributed by atoms with E-state index in [0.717, 1.165) is 38.9 Å². The third kappa shape index (κ3) is 2.42. The molecule has 0 aliphatic carbocycles. The normalized spacial score (nSPS) is 17.0. The van der Waals surface area contributed by atoms with Gasteiger partial charge in [0.25, 0.3) is 0 Å². The molecule has 7 nitrogen and oxygen atoms in total. The maximum Gasteiger partial charge on any atom is 0.180 e. The van der Waals surface area contributed by atoms with Gasteiger partial charge in [0, 0.05) is 43.8 Å². The van der Waals surface area contributed by atoms with Crippen LogP contribution in [0.2, 0.25) is 0 Å². The Bertz CT molecular complexity index is 1060. The third-order valence-corrected chi connectivity index (χ3v) is 5.25. The fourth-order valence-corrected chi connectivity index (χ4v) is 4.00. The van der Waals surface area contributed by atoms with Crippen LogP contribution >= 0.6 is 11.3 Å². The Balaban J connectivity index is 1.53. The van der Waals surface area contributed by atoms with Crippen molar-refractivity contribution < 1.29 is 0 Å². The van der Waals surface area contributed by atoms with Gasteiger partial charge in [-0.25, -0.2) is 15.0 Å². The van der Waals surface area contributed by atoms with Crippen molar-refractivity contribution in [2.75, 3.05) is 18.9 Å². The number of aromatic nitrogens is 4. The molecule has 1 atom stereocenters. The highest BCUT2D eigenvalue weighted by atomic mass is 32.1. The van der Waals surface area contributed by atoms with Gasteiger partial charge >= 0.3 is 0 Å². The van der Waals surface area contributed by atoms with Crippen LogP contribution in [-0.4, -0.2) is 44.2 Å². The van der Waals surface area contributed by atoms with Gasteiger partial charge < -0.3 is 5.32 Å². The Morgan fingerprint density at radius 2 is 2.20 bits per heavy atom. The highest BCUT2D eigenvalue weighted by molar-refractivity contribution is 7.22. The van der Waals surface area contributed by atoms with Crippen LogP contribution in [0.3, 0.4) is 0 Å². The van der Waals surface area contributed by atoms with Crippen molar-refractivity contribution in [2.24, 2.45) is 5.10 Å². The quantitative estimate of drug-likeness (QED) is 0.615. The van der Waals surface area contributed by atoms with Gasteiger partial charge in [-0.15, -0.1) is 0 Å². The molecule has 0 aromatic carbocycles. The monoisotopic (exact) mass is 349 g/mol. The Hall–Kier alpha value is -3.00. The average Bonchev–Trinajstić information content (AvgIpc) is 3.32. The van der Waals surface area contributed by atoms with E-state index >= 15 is 0 Å². The summed E-state index contributed by atoms with van der Waals surface area (Å²) in [6.45, 7) is 0.862. The number of hydrogen-bond donors (Lipinski definition) is 1. The van der Waals surface area contributed by atoms with E-state index in [0.29, 0.717) is 0 Å². The van der Waals surface area contributed by atoms with Crippen LogP contribution in [0.1, 0.15) is 11.6 Å². The summed E-state index contributed by atoms with van der Waals surface area (Å²) in [6, 6.07) is 6.08. The summed E-state index contributed by atoms with van der Waals surface area (Å²) in [5.41, 5.74) is 1.93. The minimum atomic E-state index is 0.240. The van der Waals surface area contributed by atoms with Crippen LogP contribution in [0.15, 0.2) is 48.1 Å². The number of hydrazone groups is 1. The highest BCUT2D eigenvalue weighted by Crippen LogP contribution is 2.31. The zero-order valence-corrected chi connectivity index (χ0v) is 14.3. The first-order chi connectivity index (χ1) is 12.3. The van der Waals surface area contributed by atoms with Crippen molar-refractivity contribution in [3.63, 3.8) is 0 Å². The zero-order chi connectivity index (χ0) is 16.8. The van der Waals surface area contributed by atoms with E-state index in [9.17, 15) is 0 Å². The van der Waals surface area contributed by atoms with Crippen molar-refractivity contribution in [3.8, 4) is 0 Å². The third-order valence-electron chi connectivity index (χ3n) is 4.28. The lowest BCUT2D eigenvalue weighted by Gasteiger charge is -2.10. The molecule has 0 radical (unpaired) electrons. The number of pyridine rings is 1. The van der Waals surface area contributed by atoms with Crippen molar-refractivity contribution in [2.45, 2.75) is 5.92 Å². The molecule has 0 fully saturated rings. The molecule has 8 heteroatoms. The van der Waals surface area contributed by atoms with Gasteiger partial charge in [-0.2, -0.15) is 5.10 Å². The molecule has 0 saturated heterocycles. The molecule has 4 aromatic heterocycles. The molecule has 0 spiro atoms. The molecule has 5 heterocycles. The first-order valence-corrected chi connectivity index (χ1v) is 8.78. The van der Waals surface area contributed by atoms with Crippen LogP contribution < -0.4 is 5.32 Å². The van der Waals surface area contributed by atoms with Crippen molar-refractivity contribution in [1.29, 1.82) is 0 Å². The summed E-state index contributed by atoms with van der Waals surface area (Å²) in [5.74, 6) is 0.979. The van der Waals surface area contributed by atoms with E-state index in [1.165, 1.54) is 0 Å². The number of nitrogens with one attached hydrogen (secondary N) is 1. The number of likely N-dealkylation sites (N-methyl/N-ethyl adjacent to an activating group) is 1. The summed E-state index contributed by atoms with van der Waals surface area (Å²) in [5, 5.41) is 11.8. The van der Waals surface area contributed by atoms with E-state index in [-0.39, 0.29) is 5.92 Å². The molecule has 0 saturated carbocycles. The van der Waals surface area contributed by atoms with Crippen molar-refractivity contribution in [1.82, 2.24) is 24.4 Å². The molecule has 1 aliphatic rings. The first kappa shape index (κ1) is 14.4. The second-order valence-electron chi connectivity index (χ2n) is 6.00. The molecular weight excluding hydrogens is 334 g/mol. The number of hydrogen-bond acceptors (Lipinski definition) is 7. The fraction of sp³-hybridized carbons (Fsp3) is 0.176. The van der Waals surface area contributed by atoms with Crippen molar-refractivity contribution in [3.05, 3.63) is 48.7 Å². The smallest absolute Gasteiger partial charge is 0.180 e. The van der Waals surface area contributed by atoms with Crippen LogP contribution in [0, 0.1) is 0 Å². The lowest BCUT2D eigenvalue weighted by atomic mass is 10.1. The molecule has 1 unspecified atom stereocenters. The topological polar surface area (TPSA) is 70.7 Å². The molecule has 124 valence electrons. The molecule has 25 heavy (non-hydrogen) atoms. The van der Waals surface area contributed by atoms with Gasteiger partial charge in [-0.05, 0) is 12.1 Å². The predicted molar refractivity (Wildman–Crippen MR) is 99.8 cm³/mol. The fourth-order valence-electron chi connectivity index (χ4n) is 3.10. The second-order valence-corrected chi connectivity index (χ2v) is 7.03. The van der Waals surface area contributed by atoms with E-state index < -0.39 is 0 Å². The number of thiophene rings is 1. The van der Waals surface area contributed by atoms with Crippen LogP contribution in [0.25, 0.3) is 15.9 Å². The average molecular weight is 349 g/mol. The maximum atomic E-state index is 4.59. The number of fused-ring (bicyclic) bond motifs is 2. The van der Waals surface area contributed by atoms with Gasteiger partial charge in [0.2, 0.25) is 0 Å². The molecule has 5 rings (SSSR count). The second kappa shape index (κ2) is 5.52. The minimum Gasteiger partial charge on any atom is -0.329 e. The lowest BCUT2D eigenvalue weighted by molar-refractivity contribution is 0.380. The van der Waals surface area contributed by atoms with Crippen LogP contribution in [0.4, 0.5) is 10.8 Å². The molecule has 1 aliphatic heterocycles. The lowest BCUT2D eigenvalue weighted by Crippen LogP contribution is -2.13.